The van der Waals surface area contributed by atoms with E-state index in [1.807, 2.05) is 0 Å². The normalized spacial score (nSPS) is 24.5. The first-order chi connectivity index (χ1) is 11.8. The second-order valence-electron chi connectivity index (χ2n) is 7.05. The van der Waals surface area contributed by atoms with Gasteiger partial charge in [0.15, 0.2) is 0 Å². The fraction of sp³-hybridized carbons (Fsp3) is 0.500. The molecule has 0 bridgehead atoms. The van der Waals surface area contributed by atoms with E-state index in [1.54, 1.807) is 43.0 Å². The number of carbonyl (C=O) groups is 3. The number of nitrogens with one attached hydrogen (secondary N) is 1. The molecule has 0 spiro atoms. The Kier molecular flexibility index (Phi) is 4.51. The number of nitrogens with zero attached hydrogens (tertiary/aromatic N) is 1. The monoisotopic (exact) mass is 346 g/mol. The van der Waals surface area contributed by atoms with Gasteiger partial charge in [0.05, 0.1) is 36.3 Å². The van der Waals surface area contributed by atoms with E-state index in [0.717, 1.165) is 0 Å². The largest absolute Gasteiger partial charge is 0.481 e. The summed E-state index contributed by atoms with van der Waals surface area (Å²) in [6, 6.07) is 6.81. The van der Waals surface area contributed by atoms with Crippen LogP contribution in [-0.4, -0.2) is 54.1 Å². The lowest BCUT2D eigenvalue weighted by atomic mass is 10.1. The van der Waals surface area contributed by atoms with Gasteiger partial charge < -0.3 is 20.1 Å². The van der Waals surface area contributed by atoms with Crippen molar-refractivity contribution in [1.29, 1.82) is 0 Å². The number of carboxylic acids is 1. The van der Waals surface area contributed by atoms with Gasteiger partial charge in [0.1, 0.15) is 0 Å². The molecule has 134 valence electrons. The van der Waals surface area contributed by atoms with Gasteiger partial charge >= 0.3 is 5.97 Å². The molecule has 2 N–H and O–H groups in total. The summed E-state index contributed by atoms with van der Waals surface area (Å²) in [4.78, 5) is 38.2. The summed E-state index contributed by atoms with van der Waals surface area (Å²) < 4.78 is 5.26. The maximum absolute atomic E-state index is 12.7. The Hall–Kier alpha value is -2.41. The van der Waals surface area contributed by atoms with Crippen molar-refractivity contribution in [2.75, 3.05) is 31.6 Å². The van der Waals surface area contributed by atoms with Gasteiger partial charge in [-0.1, -0.05) is 26.0 Å². The molecular weight excluding hydrogens is 324 g/mol. The van der Waals surface area contributed by atoms with E-state index in [4.69, 9.17) is 4.74 Å². The van der Waals surface area contributed by atoms with Crippen molar-refractivity contribution in [1.82, 2.24) is 4.90 Å². The number of morpholine rings is 1. The number of rotatable bonds is 4. The van der Waals surface area contributed by atoms with Crippen LogP contribution in [0.1, 0.15) is 24.2 Å². The summed E-state index contributed by atoms with van der Waals surface area (Å²) in [6.07, 6.45) is 0. The van der Waals surface area contributed by atoms with E-state index >= 15 is 0 Å². The Morgan fingerprint density at radius 1 is 1.16 bits per heavy atom. The third kappa shape index (κ3) is 3.24. The molecule has 1 aromatic carbocycles. The number of amides is 2. The van der Waals surface area contributed by atoms with E-state index in [1.165, 1.54) is 0 Å². The van der Waals surface area contributed by atoms with Crippen LogP contribution in [-0.2, 0) is 14.3 Å². The van der Waals surface area contributed by atoms with Gasteiger partial charge in [0.25, 0.3) is 5.91 Å². The molecule has 2 amide bonds. The Balaban J connectivity index is 1.76. The zero-order valence-corrected chi connectivity index (χ0v) is 14.3. The highest BCUT2D eigenvalue weighted by molar-refractivity contribution is 6.06. The van der Waals surface area contributed by atoms with Crippen molar-refractivity contribution in [3.8, 4) is 0 Å². The van der Waals surface area contributed by atoms with Crippen LogP contribution in [0.2, 0.25) is 0 Å². The Bertz CT molecular complexity index is 709. The summed E-state index contributed by atoms with van der Waals surface area (Å²) in [7, 11) is 0. The van der Waals surface area contributed by atoms with Gasteiger partial charge in [-0.25, -0.2) is 0 Å². The number of hydrogen-bond acceptors (Lipinski definition) is 4. The standard InChI is InChI=1S/C18H22N2O5/c1-18(2)13(14(18)17(23)24)15(21)19-12-6-4-3-5-11(12)16(22)20-7-9-25-10-8-20/h3-6,13-14H,7-10H2,1-2H3,(H,19,21)(H,23,24)/t13-,14+/m0/s1. The fourth-order valence-corrected chi connectivity index (χ4v) is 3.51. The molecule has 0 aromatic heterocycles. The van der Waals surface area contributed by atoms with Crippen molar-refractivity contribution in [3.63, 3.8) is 0 Å². The van der Waals surface area contributed by atoms with Gasteiger partial charge in [-0.15, -0.1) is 0 Å². The number of anilines is 1. The zero-order valence-electron chi connectivity index (χ0n) is 14.3. The molecule has 25 heavy (non-hydrogen) atoms. The molecule has 3 rings (SSSR count). The Morgan fingerprint density at radius 3 is 2.40 bits per heavy atom. The molecule has 7 heteroatoms. The van der Waals surface area contributed by atoms with Crippen molar-refractivity contribution in [3.05, 3.63) is 29.8 Å². The fourth-order valence-electron chi connectivity index (χ4n) is 3.51. The van der Waals surface area contributed by atoms with E-state index in [-0.39, 0.29) is 11.8 Å². The summed E-state index contributed by atoms with van der Waals surface area (Å²) in [5.41, 5.74) is 0.234. The number of aliphatic carboxylic acids is 1. The van der Waals surface area contributed by atoms with Gasteiger partial charge in [-0.05, 0) is 17.5 Å². The van der Waals surface area contributed by atoms with Crippen molar-refractivity contribution < 1.29 is 24.2 Å². The first kappa shape index (κ1) is 17.4. The zero-order chi connectivity index (χ0) is 18.2. The van der Waals surface area contributed by atoms with E-state index in [9.17, 15) is 19.5 Å². The molecule has 1 heterocycles. The van der Waals surface area contributed by atoms with E-state index < -0.39 is 23.2 Å². The molecule has 0 unspecified atom stereocenters. The number of benzene rings is 1. The van der Waals surface area contributed by atoms with E-state index in [0.29, 0.717) is 37.6 Å². The minimum atomic E-state index is -0.970. The SMILES string of the molecule is CC1(C)[C@H](C(=O)Nc2ccccc2C(=O)N2CCOCC2)[C@@H]1C(=O)O. The summed E-state index contributed by atoms with van der Waals surface area (Å²) in [6.45, 7) is 5.55. The Labute approximate surface area is 146 Å². The maximum Gasteiger partial charge on any atom is 0.307 e. The molecule has 2 atom stereocenters. The third-order valence-corrected chi connectivity index (χ3v) is 5.09. The van der Waals surface area contributed by atoms with Crippen LogP contribution in [0.25, 0.3) is 0 Å². The van der Waals surface area contributed by atoms with Crippen LogP contribution in [0, 0.1) is 17.3 Å². The predicted molar refractivity (Wildman–Crippen MR) is 90.2 cm³/mol. The molecule has 7 nitrogen and oxygen atoms in total. The van der Waals surface area contributed by atoms with Gasteiger partial charge in [0, 0.05) is 13.1 Å². The lowest BCUT2D eigenvalue weighted by Gasteiger charge is -2.27. The number of carboxylic acid groups (broad SMARTS) is 1. The van der Waals surface area contributed by atoms with Gasteiger partial charge in [-0.3, -0.25) is 14.4 Å². The highest BCUT2D eigenvalue weighted by Gasteiger charge is 2.65. The Morgan fingerprint density at radius 2 is 1.80 bits per heavy atom. The summed E-state index contributed by atoms with van der Waals surface area (Å²) in [5.74, 6) is -2.79. The number of hydrogen-bond donors (Lipinski definition) is 2. The minimum Gasteiger partial charge on any atom is -0.481 e. The van der Waals surface area contributed by atoms with Crippen LogP contribution in [0.15, 0.2) is 24.3 Å². The van der Waals surface area contributed by atoms with Crippen molar-refractivity contribution in [2.24, 2.45) is 17.3 Å². The van der Waals surface area contributed by atoms with Crippen LogP contribution in [0.5, 0.6) is 0 Å². The van der Waals surface area contributed by atoms with Crippen LogP contribution in [0.3, 0.4) is 0 Å². The highest BCUT2D eigenvalue weighted by Crippen LogP contribution is 2.58. The molecule has 1 saturated heterocycles. The number of ether oxygens (including phenoxy) is 1. The topological polar surface area (TPSA) is 95.9 Å². The first-order valence-corrected chi connectivity index (χ1v) is 8.33. The molecule has 1 saturated carbocycles. The van der Waals surface area contributed by atoms with E-state index in [2.05, 4.69) is 5.32 Å². The smallest absolute Gasteiger partial charge is 0.307 e. The van der Waals surface area contributed by atoms with Crippen LogP contribution < -0.4 is 5.32 Å². The molecule has 2 fully saturated rings. The molecule has 1 aromatic rings. The van der Waals surface area contributed by atoms with Gasteiger partial charge in [0.2, 0.25) is 5.91 Å². The average molecular weight is 346 g/mol. The average Bonchev–Trinajstić information content (AvgIpc) is 3.18. The number of carbonyl (C=O) groups excluding carboxylic acids is 2. The van der Waals surface area contributed by atoms with Crippen LogP contribution in [0.4, 0.5) is 5.69 Å². The second-order valence-corrected chi connectivity index (χ2v) is 7.05. The molecular formula is C18H22N2O5. The maximum atomic E-state index is 12.7. The minimum absolute atomic E-state index is 0.163. The molecule has 2 aliphatic rings. The highest BCUT2D eigenvalue weighted by atomic mass is 16.5. The summed E-state index contributed by atoms with van der Waals surface area (Å²) >= 11 is 0. The van der Waals surface area contributed by atoms with Gasteiger partial charge in [-0.2, -0.15) is 0 Å². The van der Waals surface area contributed by atoms with Crippen molar-refractivity contribution in [2.45, 2.75) is 13.8 Å². The second kappa shape index (κ2) is 6.48. The third-order valence-electron chi connectivity index (χ3n) is 5.09. The lowest BCUT2D eigenvalue weighted by Crippen LogP contribution is -2.41. The lowest BCUT2D eigenvalue weighted by molar-refractivity contribution is -0.140. The predicted octanol–water partition coefficient (Wildman–Crippen LogP) is 1.45. The quantitative estimate of drug-likeness (QED) is 0.860. The molecule has 1 aliphatic carbocycles. The van der Waals surface area contributed by atoms with Crippen LogP contribution >= 0.6 is 0 Å². The molecule has 0 radical (unpaired) electrons. The number of para-hydroxylation sites is 1. The summed E-state index contributed by atoms with van der Waals surface area (Å²) in [5, 5.41) is 12.0. The molecule has 1 aliphatic heterocycles. The first-order valence-electron chi connectivity index (χ1n) is 8.33. The van der Waals surface area contributed by atoms with Crippen molar-refractivity contribution >= 4 is 23.5 Å².